The molecule has 12 heavy (non-hydrogen) atoms. The number of unbranched alkanes of at least 4 members (excludes halogenated alkanes) is 1. The molecule has 1 aliphatic carbocycles. The summed E-state index contributed by atoms with van der Waals surface area (Å²) in [4.78, 5) is 9.90. The van der Waals surface area contributed by atoms with Gasteiger partial charge in [0.15, 0.2) is 6.07 Å². The summed E-state index contributed by atoms with van der Waals surface area (Å²) >= 11 is 0. The molecule has 0 bridgehead atoms. The van der Waals surface area contributed by atoms with Crippen molar-refractivity contribution in [2.45, 2.75) is 31.7 Å². The summed E-state index contributed by atoms with van der Waals surface area (Å²) in [6, 6.07) is 1.72. The van der Waals surface area contributed by atoms with E-state index in [4.69, 9.17) is 5.26 Å². The second kappa shape index (κ2) is 2.94. The number of nitriles is 1. The number of hydrogen-bond acceptors (Lipinski definition) is 3. The smallest absolute Gasteiger partial charge is 0.262 e. The molecule has 0 aromatic heterocycles. The lowest BCUT2D eigenvalue weighted by Crippen LogP contribution is -2.23. The lowest BCUT2D eigenvalue weighted by Gasteiger charge is -1.99. The van der Waals surface area contributed by atoms with E-state index in [2.05, 4.69) is 0 Å². The van der Waals surface area contributed by atoms with E-state index in [0.717, 1.165) is 12.8 Å². The second-order valence-corrected chi connectivity index (χ2v) is 2.91. The highest BCUT2D eigenvalue weighted by Gasteiger charge is 2.56. The van der Waals surface area contributed by atoms with Crippen LogP contribution in [0.5, 0.6) is 0 Å². The highest BCUT2D eigenvalue weighted by atomic mass is 16.6. The van der Waals surface area contributed by atoms with E-state index >= 15 is 0 Å². The SMILES string of the molecule is CCCCC1=C[C@]1(C#N)[N+](=O)[O-]. The van der Waals surface area contributed by atoms with Gasteiger partial charge in [0.25, 0.3) is 0 Å². The molecule has 0 fully saturated rings. The summed E-state index contributed by atoms with van der Waals surface area (Å²) in [6.07, 6.45) is 4.05. The largest absolute Gasteiger partial charge is 0.345 e. The number of hydrogen-bond donors (Lipinski definition) is 0. The molecule has 1 rings (SSSR count). The Labute approximate surface area is 70.6 Å². The van der Waals surface area contributed by atoms with E-state index in [1.807, 2.05) is 6.92 Å². The van der Waals surface area contributed by atoms with Gasteiger partial charge in [-0.25, -0.2) is 0 Å². The summed E-state index contributed by atoms with van der Waals surface area (Å²) in [5.74, 6) is 0. The summed E-state index contributed by atoms with van der Waals surface area (Å²) in [5, 5.41) is 19.0. The van der Waals surface area contributed by atoms with Gasteiger partial charge in [0, 0.05) is 11.6 Å². The number of nitrogens with zero attached hydrogens (tertiary/aromatic N) is 2. The van der Waals surface area contributed by atoms with E-state index in [1.54, 1.807) is 6.07 Å². The summed E-state index contributed by atoms with van der Waals surface area (Å²) in [7, 11) is 0. The molecule has 64 valence electrons. The molecule has 0 N–H and O–H groups in total. The molecule has 0 saturated carbocycles. The van der Waals surface area contributed by atoms with Crippen LogP contribution in [0.3, 0.4) is 0 Å². The maximum absolute atomic E-state index is 10.4. The zero-order chi connectivity index (χ0) is 9.19. The Hall–Kier alpha value is -1.37. The molecule has 4 nitrogen and oxygen atoms in total. The van der Waals surface area contributed by atoms with Gasteiger partial charge in [-0.3, -0.25) is 10.1 Å². The third-order valence-electron chi connectivity index (χ3n) is 2.05. The van der Waals surface area contributed by atoms with E-state index in [9.17, 15) is 10.1 Å². The van der Waals surface area contributed by atoms with Crippen LogP contribution in [-0.2, 0) is 0 Å². The topological polar surface area (TPSA) is 66.9 Å². The van der Waals surface area contributed by atoms with Gasteiger partial charge in [0.2, 0.25) is 0 Å². The van der Waals surface area contributed by atoms with Crippen LogP contribution >= 0.6 is 0 Å². The van der Waals surface area contributed by atoms with E-state index in [-0.39, 0.29) is 0 Å². The van der Waals surface area contributed by atoms with Crippen LogP contribution in [0.15, 0.2) is 11.6 Å². The Morgan fingerprint density at radius 1 is 1.83 bits per heavy atom. The molecule has 0 saturated heterocycles. The van der Waals surface area contributed by atoms with Crippen LogP contribution in [0.2, 0.25) is 0 Å². The summed E-state index contributed by atoms with van der Waals surface area (Å²) < 4.78 is 0. The molecule has 0 spiro atoms. The molecule has 0 aliphatic heterocycles. The molecule has 4 heteroatoms. The quantitative estimate of drug-likeness (QED) is 0.362. The van der Waals surface area contributed by atoms with Crippen molar-refractivity contribution in [2.24, 2.45) is 0 Å². The van der Waals surface area contributed by atoms with Gasteiger partial charge < -0.3 is 0 Å². The molecule has 0 amide bonds. The molecule has 0 radical (unpaired) electrons. The van der Waals surface area contributed by atoms with Gasteiger partial charge in [-0.05, 0) is 12.8 Å². The lowest BCUT2D eigenvalue weighted by molar-refractivity contribution is -0.515. The first kappa shape index (κ1) is 8.72. The van der Waals surface area contributed by atoms with E-state index in [0.29, 0.717) is 12.0 Å². The Morgan fingerprint density at radius 3 is 2.83 bits per heavy atom. The monoisotopic (exact) mass is 166 g/mol. The van der Waals surface area contributed by atoms with Crippen LogP contribution in [0.4, 0.5) is 0 Å². The maximum Gasteiger partial charge on any atom is 0.345 e. The van der Waals surface area contributed by atoms with Crippen molar-refractivity contribution in [1.29, 1.82) is 5.26 Å². The molecular formula is C8H10N2O2. The predicted octanol–water partition coefficient (Wildman–Crippen LogP) is 1.66. The van der Waals surface area contributed by atoms with Crippen molar-refractivity contribution in [1.82, 2.24) is 0 Å². The van der Waals surface area contributed by atoms with Crippen LogP contribution in [0, 0.1) is 21.4 Å². The first-order valence-electron chi connectivity index (χ1n) is 3.95. The fraction of sp³-hybridized carbons (Fsp3) is 0.625. The third kappa shape index (κ3) is 1.18. The van der Waals surface area contributed by atoms with Crippen molar-refractivity contribution < 1.29 is 4.92 Å². The first-order valence-corrected chi connectivity index (χ1v) is 3.95. The molecule has 1 atom stereocenters. The van der Waals surface area contributed by atoms with Gasteiger partial charge in [0.05, 0.1) is 4.92 Å². The Morgan fingerprint density at radius 2 is 2.50 bits per heavy atom. The van der Waals surface area contributed by atoms with Crippen LogP contribution in [0.1, 0.15) is 26.2 Å². The van der Waals surface area contributed by atoms with E-state index < -0.39 is 10.5 Å². The van der Waals surface area contributed by atoms with Crippen molar-refractivity contribution in [3.8, 4) is 6.07 Å². The van der Waals surface area contributed by atoms with Gasteiger partial charge in [0.1, 0.15) is 0 Å². The molecular weight excluding hydrogens is 156 g/mol. The van der Waals surface area contributed by atoms with E-state index in [1.165, 1.54) is 6.08 Å². The maximum atomic E-state index is 10.4. The number of rotatable bonds is 4. The summed E-state index contributed by atoms with van der Waals surface area (Å²) in [6.45, 7) is 2.02. The Bertz CT molecular complexity index is 277. The van der Waals surface area contributed by atoms with Crippen molar-refractivity contribution in [2.75, 3.05) is 0 Å². The standard InChI is InChI=1S/C8H10N2O2/c1-2-3-4-7-5-8(7,6-9)10(11)12/h5H,2-4H2,1H3/t8-/m1/s1. The lowest BCUT2D eigenvalue weighted by atomic mass is 10.1. The minimum atomic E-state index is -1.42. The van der Waals surface area contributed by atoms with Gasteiger partial charge in [-0.1, -0.05) is 13.3 Å². The molecule has 0 aromatic rings. The zero-order valence-corrected chi connectivity index (χ0v) is 6.91. The minimum absolute atomic E-state index is 0.516. The minimum Gasteiger partial charge on any atom is -0.262 e. The normalized spacial score (nSPS) is 25.8. The number of nitro groups is 1. The molecule has 0 unspecified atom stereocenters. The van der Waals surface area contributed by atoms with Crippen molar-refractivity contribution in [3.05, 3.63) is 21.8 Å². The Kier molecular flexibility index (Phi) is 2.13. The second-order valence-electron chi connectivity index (χ2n) is 2.91. The van der Waals surface area contributed by atoms with Crippen molar-refractivity contribution >= 4 is 0 Å². The fourth-order valence-electron chi connectivity index (χ4n) is 1.16. The predicted molar refractivity (Wildman–Crippen MR) is 42.9 cm³/mol. The van der Waals surface area contributed by atoms with Gasteiger partial charge in [-0.15, -0.1) is 0 Å². The third-order valence-corrected chi connectivity index (χ3v) is 2.05. The van der Waals surface area contributed by atoms with Crippen molar-refractivity contribution in [3.63, 3.8) is 0 Å². The Balaban J connectivity index is 2.50. The highest BCUT2D eigenvalue weighted by molar-refractivity contribution is 5.49. The first-order chi connectivity index (χ1) is 5.67. The van der Waals surface area contributed by atoms with Crippen LogP contribution in [-0.4, -0.2) is 10.5 Å². The average molecular weight is 166 g/mol. The fourth-order valence-corrected chi connectivity index (χ4v) is 1.16. The summed E-state index contributed by atoms with van der Waals surface area (Å²) in [5.41, 5.74) is -0.744. The highest BCUT2D eigenvalue weighted by Crippen LogP contribution is 2.40. The van der Waals surface area contributed by atoms with Crippen LogP contribution in [0.25, 0.3) is 0 Å². The van der Waals surface area contributed by atoms with Gasteiger partial charge >= 0.3 is 5.54 Å². The molecule has 1 aliphatic rings. The van der Waals surface area contributed by atoms with Crippen LogP contribution < -0.4 is 0 Å². The molecule has 0 heterocycles. The average Bonchev–Trinajstić information content (AvgIpc) is 2.76. The van der Waals surface area contributed by atoms with Gasteiger partial charge in [-0.2, -0.15) is 5.26 Å². The molecule has 0 aromatic carbocycles. The zero-order valence-electron chi connectivity index (χ0n) is 6.91.